The highest BCUT2D eigenvalue weighted by atomic mass is 14.9. The maximum absolute atomic E-state index is 4.46. The van der Waals surface area contributed by atoms with Crippen molar-refractivity contribution in [1.82, 2.24) is 15.3 Å². The highest BCUT2D eigenvalue weighted by Crippen LogP contribution is 2.21. The molecule has 16 heavy (non-hydrogen) atoms. The maximum Gasteiger partial charge on any atom is 0.115 e. The Labute approximate surface area is 97.7 Å². The SMILES string of the molecule is CCNC(C)Cc1ncnc2c1CCCC2. The fourth-order valence-corrected chi connectivity index (χ4v) is 2.48. The van der Waals surface area contributed by atoms with Gasteiger partial charge in [-0.25, -0.2) is 9.97 Å². The zero-order chi connectivity index (χ0) is 11.4. The minimum Gasteiger partial charge on any atom is -0.314 e. The fraction of sp³-hybridized carbons (Fsp3) is 0.692. The molecular weight excluding hydrogens is 198 g/mol. The van der Waals surface area contributed by atoms with Crippen molar-refractivity contribution in [2.24, 2.45) is 0 Å². The van der Waals surface area contributed by atoms with Crippen LogP contribution in [-0.2, 0) is 19.3 Å². The van der Waals surface area contributed by atoms with Crippen molar-refractivity contribution in [3.8, 4) is 0 Å². The van der Waals surface area contributed by atoms with Crippen molar-refractivity contribution < 1.29 is 0 Å². The molecule has 0 spiro atoms. The zero-order valence-electron chi connectivity index (χ0n) is 10.3. The molecule has 0 bridgehead atoms. The maximum atomic E-state index is 4.46. The van der Waals surface area contributed by atoms with Crippen LogP contribution in [0.2, 0.25) is 0 Å². The Morgan fingerprint density at radius 2 is 2.12 bits per heavy atom. The van der Waals surface area contributed by atoms with Gasteiger partial charge in [0.1, 0.15) is 6.33 Å². The quantitative estimate of drug-likeness (QED) is 0.840. The first kappa shape index (κ1) is 11.5. The van der Waals surface area contributed by atoms with E-state index in [4.69, 9.17) is 0 Å². The molecular formula is C13H21N3. The first-order valence-corrected chi connectivity index (χ1v) is 6.36. The number of rotatable bonds is 4. The van der Waals surface area contributed by atoms with Crippen LogP contribution in [0.15, 0.2) is 6.33 Å². The molecule has 3 nitrogen and oxygen atoms in total. The highest BCUT2D eigenvalue weighted by molar-refractivity contribution is 5.27. The summed E-state index contributed by atoms with van der Waals surface area (Å²) >= 11 is 0. The van der Waals surface area contributed by atoms with Crippen LogP contribution in [0.4, 0.5) is 0 Å². The van der Waals surface area contributed by atoms with Crippen molar-refractivity contribution in [2.45, 2.75) is 52.0 Å². The lowest BCUT2D eigenvalue weighted by Crippen LogP contribution is -2.29. The van der Waals surface area contributed by atoms with Crippen LogP contribution < -0.4 is 5.32 Å². The van der Waals surface area contributed by atoms with Crippen molar-refractivity contribution in [3.05, 3.63) is 23.3 Å². The zero-order valence-corrected chi connectivity index (χ0v) is 10.3. The molecule has 0 amide bonds. The van der Waals surface area contributed by atoms with Gasteiger partial charge in [0.05, 0.1) is 0 Å². The number of nitrogens with one attached hydrogen (secondary N) is 1. The number of aromatic nitrogens is 2. The third-order valence-electron chi connectivity index (χ3n) is 3.27. The summed E-state index contributed by atoms with van der Waals surface area (Å²) in [5.41, 5.74) is 3.98. The van der Waals surface area contributed by atoms with E-state index in [1.165, 1.54) is 36.2 Å². The molecule has 1 atom stereocenters. The molecule has 1 aliphatic carbocycles. The van der Waals surface area contributed by atoms with Crippen LogP contribution >= 0.6 is 0 Å². The van der Waals surface area contributed by atoms with E-state index in [0.717, 1.165) is 19.4 Å². The Kier molecular flexibility index (Phi) is 3.88. The molecule has 1 aromatic heterocycles. The summed E-state index contributed by atoms with van der Waals surface area (Å²) in [5, 5.41) is 3.44. The Hall–Kier alpha value is -0.960. The van der Waals surface area contributed by atoms with Gasteiger partial charge in [0.15, 0.2) is 0 Å². The molecule has 0 radical (unpaired) electrons. The van der Waals surface area contributed by atoms with Gasteiger partial charge in [0.25, 0.3) is 0 Å². The number of aryl methyl sites for hydroxylation is 1. The first-order chi connectivity index (χ1) is 7.81. The van der Waals surface area contributed by atoms with Crippen LogP contribution in [0.5, 0.6) is 0 Å². The van der Waals surface area contributed by atoms with Crippen LogP contribution in [0.25, 0.3) is 0 Å². The first-order valence-electron chi connectivity index (χ1n) is 6.36. The number of hydrogen-bond donors (Lipinski definition) is 1. The minimum atomic E-state index is 0.505. The number of nitrogens with zero attached hydrogens (tertiary/aromatic N) is 2. The van der Waals surface area contributed by atoms with E-state index in [1.807, 2.05) is 0 Å². The van der Waals surface area contributed by atoms with Crippen LogP contribution in [0, 0.1) is 0 Å². The lowest BCUT2D eigenvalue weighted by molar-refractivity contribution is 0.549. The molecule has 3 heteroatoms. The van der Waals surface area contributed by atoms with Crippen LogP contribution in [0.3, 0.4) is 0 Å². The Morgan fingerprint density at radius 3 is 2.94 bits per heavy atom. The topological polar surface area (TPSA) is 37.8 Å². The lowest BCUT2D eigenvalue weighted by atomic mass is 9.93. The summed E-state index contributed by atoms with van der Waals surface area (Å²) in [5.74, 6) is 0. The van der Waals surface area contributed by atoms with Gasteiger partial charge in [0, 0.05) is 23.9 Å². The molecule has 0 saturated carbocycles. The van der Waals surface area contributed by atoms with Gasteiger partial charge in [-0.1, -0.05) is 6.92 Å². The Bertz CT molecular complexity index is 349. The molecule has 0 aromatic carbocycles. The van der Waals surface area contributed by atoms with Crippen LogP contribution in [-0.4, -0.2) is 22.6 Å². The number of fused-ring (bicyclic) bond motifs is 1. The van der Waals surface area contributed by atoms with Gasteiger partial charge < -0.3 is 5.32 Å². The van der Waals surface area contributed by atoms with Gasteiger partial charge >= 0.3 is 0 Å². The standard InChI is InChI=1S/C13H21N3/c1-3-14-10(2)8-13-11-6-4-5-7-12(11)15-9-16-13/h9-10,14H,3-8H2,1-2H3. The summed E-state index contributed by atoms with van der Waals surface area (Å²) < 4.78 is 0. The molecule has 0 aliphatic heterocycles. The predicted octanol–water partition coefficient (Wildman–Crippen LogP) is 1.90. The van der Waals surface area contributed by atoms with E-state index in [9.17, 15) is 0 Å². The molecule has 1 aromatic rings. The van der Waals surface area contributed by atoms with Gasteiger partial charge in [-0.3, -0.25) is 0 Å². The van der Waals surface area contributed by atoms with Crippen molar-refractivity contribution in [3.63, 3.8) is 0 Å². The Balaban J connectivity index is 2.14. The van der Waals surface area contributed by atoms with E-state index in [-0.39, 0.29) is 0 Å². The summed E-state index contributed by atoms with van der Waals surface area (Å²) in [6.07, 6.45) is 7.65. The summed E-state index contributed by atoms with van der Waals surface area (Å²) in [4.78, 5) is 8.86. The van der Waals surface area contributed by atoms with Crippen molar-refractivity contribution in [1.29, 1.82) is 0 Å². The molecule has 1 N–H and O–H groups in total. The van der Waals surface area contributed by atoms with E-state index < -0.39 is 0 Å². The van der Waals surface area contributed by atoms with E-state index >= 15 is 0 Å². The van der Waals surface area contributed by atoms with Crippen LogP contribution in [0.1, 0.15) is 43.6 Å². The molecule has 1 heterocycles. The predicted molar refractivity (Wildman–Crippen MR) is 65.5 cm³/mol. The molecule has 2 rings (SSSR count). The highest BCUT2D eigenvalue weighted by Gasteiger charge is 2.16. The second-order valence-electron chi connectivity index (χ2n) is 4.62. The number of hydrogen-bond acceptors (Lipinski definition) is 3. The Morgan fingerprint density at radius 1 is 1.31 bits per heavy atom. The fourth-order valence-electron chi connectivity index (χ4n) is 2.48. The molecule has 1 aliphatic rings. The molecule has 1 unspecified atom stereocenters. The summed E-state index contributed by atoms with van der Waals surface area (Å²) in [7, 11) is 0. The summed E-state index contributed by atoms with van der Waals surface area (Å²) in [6.45, 7) is 5.39. The molecule has 88 valence electrons. The van der Waals surface area contributed by atoms with Crippen molar-refractivity contribution >= 4 is 0 Å². The smallest absolute Gasteiger partial charge is 0.115 e. The van der Waals surface area contributed by atoms with Gasteiger partial charge in [-0.05, 0) is 44.7 Å². The third-order valence-corrected chi connectivity index (χ3v) is 3.27. The van der Waals surface area contributed by atoms with Gasteiger partial charge in [0.2, 0.25) is 0 Å². The third kappa shape index (κ3) is 2.59. The summed E-state index contributed by atoms with van der Waals surface area (Å²) in [6, 6.07) is 0.505. The normalized spacial score (nSPS) is 16.9. The van der Waals surface area contributed by atoms with E-state index in [2.05, 4.69) is 29.1 Å². The average Bonchev–Trinajstić information content (AvgIpc) is 2.30. The van der Waals surface area contributed by atoms with E-state index in [1.54, 1.807) is 6.33 Å². The minimum absolute atomic E-state index is 0.505. The molecule has 0 saturated heterocycles. The lowest BCUT2D eigenvalue weighted by Gasteiger charge is -2.19. The second-order valence-corrected chi connectivity index (χ2v) is 4.62. The van der Waals surface area contributed by atoms with E-state index in [0.29, 0.717) is 6.04 Å². The second kappa shape index (κ2) is 5.39. The van der Waals surface area contributed by atoms with Crippen molar-refractivity contribution in [2.75, 3.05) is 6.54 Å². The monoisotopic (exact) mass is 219 g/mol. The molecule has 0 fully saturated rings. The largest absolute Gasteiger partial charge is 0.314 e. The number of likely N-dealkylation sites (N-methyl/N-ethyl adjacent to an activating group) is 1. The van der Waals surface area contributed by atoms with Gasteiger partial charge in [-0.2, -0.15) is 0 Å². The van der Waals surface area contributed by atoms with Gasteiger partial charge in [-0.15, -0.1) is 0 Å². The average molecular weight is 219 g/mol.